The largest absolute Gasteiger partial charge is 0.320 e. The van der Waals surface area contributed by atoms with Crippen molar-refractivity contribution in [1.82, 2.24) is 4.90 Å². The Kier molecular flexibility index (Phi) is 4.08. The molecule has 0 radical (unpaired) electrons. The van der Waals surface area contributed by atoms with E-state index in [1.165, 1.54) is 13.0 Å². The topological polar surface area (TPSA) is 75.5 Å². The highest BCUT2D eigenvalue weighted by Crippen LogP contribution is 2.42. The lowest BCUT2D eigenvalue weighted by atomic mass is 10.1. The summed E-state index contributed by atoms with van der Waals surface area (Å²) in [6, 6.07) is 1.47. The first kappa shape index (κ1) is 15.9. The van der Waals surface area contributed by atoms with E-state index in [1.54, 1.807) is 0 Å². The molecule has 1 aliphatic heterocycles. The zero-order chi connectivity index (χ0) is 15.9. The monoisotopic (exact) mass is 355 g/mol. The second-order valence-electron chi connectivity index (χ2n) is 6.17. The average molecular weight is 356 g/mol. The Balaban J connectivity index is 2.58. The van der Waals surface area contributed by atoms with Gasteiger partial charge in [-0.2, -0.15) is 0 Å². The molecule has 1 aromatic carbocycles. The van der Waals surface area contributed by atoms with Crippen LogP contribution in [0.15, 0.2) is 10.5 Å². The predicted octanol–water partition coefficient (Wildman–Crippen LogP) is 3.43. The average Bonchev–Trinajstić information content (AvgIpc) is 2.76. The highest BCUT2D eigenvalue weighted by atomic mass is 79.9. The fourth-order valence-corrected chi connectivity index (χ4v) is 3.03. The fourth-order valence-electron chi connectivity index (χ4n) is 2.45. The first-order valence-corrected chi connectivity index (χ1v) is 7.42. The number of amides is 1. The summed E-state index contributed by atoms with van der Waals surface area (Å²) in [6.45, 7) is 8.92. The number of hydrogen-bond donors (Lipinski definition) is 1. The first-order valence-electron chi connectivity index (χ1n) is 6.62. The molecule has 6 nitrogen and oxygen atoms in total. The number of benzene rings is 1. The quantitative estimate of drug-likeness (QED) is 0.651. The number of hydrogen-bond acceptors (Lipinski definition) is 4. The molecule has 0 atom stereocenters. The lowest BCUT2D eigenvalue weighted by Gasteiger charge is -2.31. The van der Waals surface area contributed by atoms with E-state index in [0.717, 1.165) is 11.1 Å². The van der Waals surface area contributed by atoms with E-state index in [4.69, 9.17) is 0 Å². The van der Waals surface area contributed by atoms with Crippen LogP contribution in [0.2, 0.25) is 0 Å². The summed E-state index contributed by atoms with van der Waals surface area (Å²) < 4.78 is 0.713. The van der Waals surface area contributed by atoms with Crippen molar-refractivity contribution in [2.75, 3.05) is 5.32 Å². The molecule has 1 amide bonds. The second kappa shape index (κ2) is 5.38. The molecule has 21 heavy (non-hydrogen) atoms. The molecular formula is C14H18BrN3O3. The minimum absolute atomic E-state index is 0.0548. The molecule has 114 valence electrons. The van der Waals surface area contributed by atoms with Gasteiger partial charge in [0.2, 0.25) is 5.91 Å². The summed E-state index contributed by atoms with van der Waals surface area (Å²) in [5, 5.41) is 13.9. The van der Waals surface area contributed by atoms with Gasteiger partial charge in [0, 0.05) is 41.7 Å². The van der Waals surface area contributed by atoms with E-state index in [1.807, 2.05) is 0 Å². The lowest BCUT2D eigenvalue weighted by Crippen LogP contribution is -2.36. The van der Waals surface area contributed by atoms with Crippen molar-refractivity contribution in [3.8, 4) is 0 Å². The van der Waals surface area contributed by atoms with Crippen LogP contribution in [-0.2, 0) is 17.9 Å². The smallest absolute Gasteiger partial charge is 0.294 e. The van der Waals surface area contributed by atoms with Gasteiger partial charge in [0.1, 0.15) is 5.69 Å². The number of nitro groups is 1. The van der Waals surface area contributed by atoms with E-state index >= 15 is 0 Å². The standard InChI is InChI=1S/C14H18BrN3O3/c1-8(19)16-13-10-7-17(14(2,3)4)6-9(10)11(15)5-12(13)18(20)21/h5H,6-7H2,1-4H3,(H,16,19). The van der Waals surface area contributed by atoms with Crippen molar-refractivity contribution in [3.63, 3.8) is 0 Å². The van der Waals surface area contributed by atoms with Gasteiger partial charge in [-0.15, -0.1) is 0 Å². The molecule has 1 N–H and O–H groups in total. The Labute approximate surface area is 131 Å². The number of anilines is 1. The van der Waals surface area contributed by atoms with E-state index in [2.05, 4.69) is 46.9 Å². The van der Waals surface area contributed by atoms with Gasteiger partial charge in [0.25, 0.3) is 5.69 Å². The molecule has 0 saturated carbocycles. The van der Waals surface area contributed by atoms with Crippen molar-refractivity contribution in [3.05, 3.63) is 31.8 Å². The third-order valence-electron chi connectivity index (χ3n) is 3.62. The maximum absolute atomic E-state index is 11.4. The molecule has 0 unspecified atom stereocenters. The van der Waals surface area contributed by atoms with Crippen LogP contribution in [0.1, 0.15) is 38.8 Å². The molecule has 0 spiro atoms. The molecule has 0 fully saturated rings. The van der Waals surface area contributed by atoms with Gasteiger partial charge in [-0.25, -0.2) is 0 Å². The van der Waals surface area contributed by atoms with Crippen molar-refractivity contribution in [2.45, 2.75) is 46.3 Å². The van der Waals surface area contributed by atoms with Crippen LogP contribution in [0.3, 0.4) is 0 Å². The maximum Gasteiger partial charge on any atom is 0.294 e. The Morgan fingerprint density at radius 3 is 2.43 bits per heavy atom. The second-order valence-corrected chi connectivity index (χ2v) is 7.03. The normalized spacial score (nSPS) is 14.9. The van der Waals surface area contributed by atoms with Gasteiger partial charge in [0.15, 0.2) is 0 Å². The highest BCUT2D eigenvalue weighted by Gasteiger charge is 2.34. The number of nitro benzene ring substituents is 1. The maximum atomic E-state index is 11.4. The molecule has 1 aliphatic rings. The molecule has 0 saturated heterocycles. The third-order valence-corrected chi connectivity index (χ3v) is 4.33. The Hall–Kier alpha value is -1.47. The van der Waals surface area contributed by atoms with Gasteiger partial charge >= 0.3 is 0 Å². The number of carbonyl (C=O) groups excluding carboxylic acids is 1. The summed E-state index contributed by atoms with van der Waals surface area (Å²) in [4.78, 5) is 24.4. The van der Waals surface area contributed by atoms with Crippen molar-refractivity contribution in [2.24, 2.45) is 0 Å². The summed E-state index contributed by atoms with van der Waals surface area (Å²) >= 11 is 3.42. The van der Waals surface area contributed by atoms with Crippen molar-refractivity contribution >= 4 is 33.2 Å². The third kappa shape index (κ3) is 3.08. The lowest BCUT2D eigenvalue weighted by molar-refractivity contribution is -0.384. The highest BCUT2D eigenvalue weighted by molar-refractivity contribution is 9.10. The van der Waals surface area contributed by atoms with Crippen LogP contribution in [0, 0.1) is 10.1 Å². The Bertz CT molecular complexity index is 623. The SMILES string of the molecule is CC(=O)Nc1c([N+](=O)[O-])cc(Br)c2c1CN(C(C)(C)C)C2. The van der Waals surface area contributed by atoms with Crippen LogP contribution in [0.25, 0.3) is 0 Å². The molecule has 7 heteroatoms. The van der Waals surface area contributed by atoms with Gasteiger partial charge in [-0.3, -0.25) is 19.8 Å². The number of nitrogens with zero attached hydrogens (tertiary/aromatic N) is 2. The minimum atomic E-state index is -0.462. The molecular weight excluding hydrogens is 338 g/mol. The van der Waals surface area contributed by atoms with Crippen LogP contribution >= 0.6 is 15.9 Å². The minimum Gasteiger partial charge on any atom is -0.320 e. The fraction of sp³-hybridized carbons (Fsp3) is 0.500. The van der Waals surface area contributed by atoms with E-state index in [-0.39, 0.29) is 17.1 Å². The zero-order valence-corrected chi connectivity index (χ0v) is 14.1. The molecule has 1 heterocycles. The van der Waals surface area contributed by atoms with Crippen LogP contribution in [0.4, 0.5) is 11.4 Å². The van der Waals surface area contributed by atoms with Crippen LogP contribution < -0.4 is 5.32 Å². The van der Waals surface area contributed by atoms with Gasteiger partial charge in [0.05, 0.1) is 4.92 Å². The van der Waals surface area contributed by atoms with E-state index in [0.29, 0.717) is 23.2 Å². The summed E-state index contributed by atoms with van der Waals surface area (Å²) in [6.07, 6.45) is 0. The summed E-state index contributed by atoms with van der Waals surface area (Å²) in [5.41, 5.74) is 2.00. The number of carbonyl (C=O) groups is 1. The van der Waals surface area contributed by atoms with E-state index < -0.39 is 4.92 Å². The van der Waals surface area contributed by atoms with Gasteiger partial charge in [-0.1, -0.05) is 15.9 Å². The Morgan fingerprint density at radius 2 is 1.95 bits per heavy atom. The number of nitrogens with one attached hydrogen (secondary N) is 1. The van der Waals surface area contributed by atoms with Gasteiger partial charge in [-0.05, 0) is 26.3 Å². The van der Waals surface area contributed by atoms with Crippen molar-refractivity contribution in [1.29, 1.82) is 0 Å². The molecule has 0 aliphatic carbocycles. The number of rotatable bonds is 2. The first-order chi connectivity index (χ1) is 9.61. The number of halogens is 1. The summed E-state index contributed by atoms with van der Waals surface area (Å²) in [7, 11) is 0. The molecule has 1 aromatic rings. The number of fused-ring (bicyclic) bond motifs is 1. The van der Waals surface area contributed by atoms with E-state index in [9.17, 15) is 14.9 Å². The molecule has 2 rings (SSSR count). The summed E-state index contributed by atoms with van der Waals surface area (Å²) in [5.74, 6) is -0.308. The molecule has 0 aromatic heterocycles. The van der Waals surface area contributed by atoms with Gasteiger partial charge < -0.3 is 5.32 Å². The Morgan fingerprint density at radius 1 is 1.38 bits per heavy atom. The van der Waals surface area contributed by atoms with Crippen molar-refractivity contribution < 1.29 is 9.72 Å². The zero-order valence-electron chi connectivity index (χ0n) is 12.5. The molecule has 0 bridgehead atoms. The van der Waals surface area contributed by atoms with Crippen LogP contribution in [0.5, 0.6) is 0 Å². The predicted molar refractivity (Wildman–Crippen MR) is 84.1 cm³/mol. The van der Waals surface area contributed by atoms with Crippen LogP contribution in [-0.4, -0.2) is 21.3 Å².